The third-order valence-electron chi connectivity index (χ3n) is 4.81. The molecule has 0 heterocycles. The number of alkyl halides is 3. The number of nitrogens with one attached hydrogen (secondary N) is 3. The molecule has 0 fully saturated rings. The smallest absolute Gasteiger partial charge is 0.451 e. The van der Waals surface area contributed by atoms with E-state index in [1.165, 1.54) is 64.0 Å². The first-order valence-electron chi connectivity index (χ1n) is 11.6. The highest BCUT2D eigenvalue weighted by atomic mass is 19.4. The number of hydrogen-bond donors (Lipinski definition) is 3. The van der Waals surface area contributed by atoms with E-state index in [0.717, 1.165) is 0 Å². The Morgan fingerprint density at radius 1 is 0.868 bits per heavy atom. The Kier molecular flexibility index (Phi) is 12.8. The number of halogens is 3. The number of ether oxygens (including phenoxy) is 2. The molecule has 38 heavy (non-hydrogen) atoms. The SMILES string of the molecule is CCC.COc1ccc(C(NC(=O)[C@H](C)NC(=O)c2cccc(OC)c2)C(=O)NCC(=O)C(F)(F)F)cc1. The van der Waals surface area contributed by atoms with Gasteiger partial charge in [-0.25, -0.2) is 0 Å². The van der Waals surface area contributed by atoms with E-state index in [0.29, 0.717) is 11.5 Å². The number of hydrogen-bond acceptors (Lipinski definition) is 6. The number of benzene rings is 2. The molecule has 0 aromatic heterocycles. The third kappa shape index (κ3) is 10.1. The molecule has 0 aliphatic heterocycles. The van der Waals surface area contributed by atoms with Gasteiger partial charge in [-0.3, -0.25) is 19.2 Å². The van der Waals surface area contributed by atoms with Crippen molar-refractivity contribution in [3.05, 3.63) is 59.7 Å². The van der Waals surface area contributed by atoms with Crippen LogP contribution in [0.1, 0.15) is 49.2 Å². The molecule has 0 radical (unpaired) electrons. The van der Waals surface area contributed by atoms with Crippen molar-refractivity contribution in [1.29, 1.82) is 0 Å². The number of Topliss-reactive ketones (excluding diaryl/α,β-unsaturated/α-hetero) is 1. The summed E-state index contributed by atoms with van der Waals surface area (Å²) in [6, 6.07) is 9.43. The summed E-state index contributed by atoms with van der Waals surface area (Å²) < 4.78 is 47.6. The van der Waals surface area contributed by atoms with Crippen LogP contribution in [0, 0.1) is 0 Å². The molecule has 2 atom stereocenters. The molecular weight excluding hydrogens is 507 g/mol. The predicted molar refractivity (Wildman–Crippen MR) is 134 cm³/mol. The summed E-state index contributed by atoms with van der Waals surface area (Å²) in [7, 11) is 2.84. The van der Waals surface area contributed by atoms with Gasteiger partial charge in [-0.05, 0) is 42.8 Å². The molecule has 3 amide bonds. The van der Waals surface area contributed by atoms with Crippen LogP contribution in [-0.2, 0) is 14.4 Å². The van der Waals surface area contributed by atoms with E-state index in [4.69, 9.17) is 9.47 Å². The van der Waals surface area contributed by atoms with Crippen molar-refractivity contribution < 1.29 is 41.8 Å². The zero-order valence-electron chi connectivity index (χ0n) is 21.8. The van der Waals surface area contributed by atoms with Crippen LogP contribution in [0.3, 0.4) is 0 Å². The molecule has 2 aromatic rings. The summed E-state index contributed by atoms with van der Waals surface area (Å²) in [4.78, 5) is 49.0. The van der Waals surface area contributed by atoms with Crippen LogP contribution < -0.4 is 25.4 Å². The van der Waals surface area contributed by atoms with Crippen molar-refractivity contribution in [2.45, 2.75) is 45.5 Å². The molecule has 2 rings (SSSR count). The highest BCUT2D eigenvalue weighted by molar-refractivity contribution is 5.99. The maximum atomic E-state index is 12.7. The molecular formula is C26H32F3N3O6. The van der Waals surface area contributed by atoms with E-state index in [1.807, 2.05) is 5.32 Å². The number of carbonyl (C=O) groups excluding carboxylic acids is 4. The average molecular weight is 540 g/mol. The van der Waals surface area contributed by atoms with Gasteiger partial charge in [-0.1, -0.05) is 38.5 Å². The fourth-order valence-electron chi connectivity index (χ4n) is 2.84. The summed E-state index contributed by atoms with van der Waals surface area (Å²) in [5.74, 6) is -3.71. The minimum absolute atomic E-state index is 0.211. The van der Waals surface area contributed by atoms with Gasteiger partial charge >= 0.3 is 6.18 Å². The number of amides is 3. The lowest BCUT2D eigenvalue weighted by Crippen LogP contribution is -2.49. The van der Waals surface area contributed by atoms with Crippen LogP contribution in [0.2, 0.25) is 0 Å². The van der Waals surface area contributed by atoms with Crippen LogP contribution in [0.25, 0.3) is 0 Å². The maximum absolute atomic E-state index is 12.7. The van der Waals surface area contributed by atoms with E-state index in [1.54, 1.807) is 12.1 Å². The molecule has 208 valence electrons. The monoisotopic (exact) mass is 539 g/mol. The van der Waals surface area contributed by atoms with E-state index in [-0.39, 0.29) is 11.1 Å². The first-order chi connectivity index (χ1) is 17.9. The first-order valence-corrected chi connectivity index (χ1v) is 11.6. The number of methoxy groups -OCH3 is 2. The lowest BCUT2D eigenvalue weighted by molar-refractivity contribution is -0.170. The Morgan fingerprint density at radius 3 is 1.97 bits per heavy atom. The molecule has 9 nitrogen and oxygen atoms in total. The second-order valence-electron chi connectivity index (χ2n) is 7.99. The summed E-state index contributed by atoms with van der Waals surface area (Å²) in [6.07, 6.45) is -3.87. The second-order valence-corrected chi connectivity index (χ2v) is 7.99. The lowest BCUT2D eigenvalue weighted by Gasteiger charge is -2.22. The van der Waals surface area contributed by atoms with Gasteiger partial charge in [0.25, 0.3) is 11.7 Å². The second kappa shape index (κ2) is 15.2. The van der Waals surface area contributed by atoms with Crippen molar-refractivity contribution in [1.82, 2.24) is 16.0 Å². The van der Waals surface area contributed by atoms with E-state index in [2.05, 4.69) is 24.5 Å². The van der Waals surface area contributed by atoms with Gasteiger partial charge in [0.1, 0.15) is 23.6 Å². The molecule has 0 aliphatic rings. The highest BCUT2D eigenvalue weighted by Crippen LogP contribution is 2.19. The fraction of sp³-hybridized carbons (Fsp3) is 0.385. The minimum atomic E-state index is -5.12. The van der Waals surface area contributed by atoms with Crippen molar-refractivity contribution in [3.8, 4) is 11.5 Å². The average Bonchev–Trinajstić information content (AvgIpc) is 2.89. The van der Waals surface area contributed by atoms with Crippen LogP contribution in [0.4, 0.5) is 13.2 Å². The van der Waals surface area contributed by atoms with E-state index < -0.39 is 48.3 Å². The van der Waals surface area contributed by atoms with Crippen molar-refractivity contribution in [3.63, 3.8) is 0 Å². The normalized spacial score (nSPS) is 12.1. The minimum Gasteiger partial charge on any atom is -0.497 e. The fourth-order valence-corrected chi connectivity index (χ4v) is 2.84. The Bertz CT molecular complexity index is 1090. The van der Waals surface area contributed by atoms with Crippen LogP contribution in [0.15, 0.2) is 48.5 Å². The number of rotatable bonds is 10. The zero-order chi connectivity index (χ0) is 28.9. The van der Waals surface area contributed by atoms with Crippen molar-refractivity contribution in [2.24, 2.45) is 0 Å². The lowest BCUT2D eigenvalue weighted by atomic mass is 10.0. The first kappa shape index (κ1) is 31.9. The van der Waals surface area contributed by atoms with Gasteiger partial charge in [-0.2, -0.15) is 13.2 Å². The topological polar surface area (TPSA) is 123 Å². The molecule has 1 unspecified atom stereocenters. The van der Waals surface area contributed by atoms with Gasteiger partial charge < -0.3 is 25.4 Å². The summed E-state index contributed by atoms with van der Waals surface area (Å²) in [5, 5.41) is 6.74. The van der Waals surface area contributed by atoms with E-state index in [9.17, 15) is 32.3 Å². The summed E-state index contributed by atoms with van der Waals surface area (Å²) >= 11 is 0. The van der Waals surface area contributed by atoms with Gasteiger partial charge in [0.2, 0.25) is 11.8 Å². The Morgan fingerprint density at radius 2 is 1.45 bits per heavy atom. The van der Waals surface area contributed by atoms with E-state index >= 15 is 0 Å². The molecule has 12 heteroatoms. The molecule has 0 saturated carbocycles. The standard InChI is InChI=1S/C23H24F3N3O6.C3H8/c1-13(28-21(32)15-5-4-6-17(11-15)35-3)20(31)29-19(14-7-9-16(34-2)10-8-14)22(33)27-12-18(30)23(24,25)26;1-3-2/h4-11,13,19H,12H2,1-3H3,(H,27,33)(H,28,32)(H,29,31);3H2,1-2H3/t13-,19?;/m0./s1. The van der Waals surface area contributed by atoms with Gasteiger partial charge in [0.15, 0.2) is 0 Å². The van der Waals surface area contributed by atoms with Crippen LogP contribution in [0.5, 0.6) is 11.5 Å². The Hall–Kier alpha value is -4.09. The summed E-state index contributed by atoms with van der Waals surface area (Å²) in [5.41, 5.74) is 0.432. The predicted octanol–water partition coefficient (Wildman–Crippen LogP) is 3.34. The quantitative estimate of drug-likeness (QED) is 0.426. The molecule has 0 saturated heterocycles. The third-order valence-corrected chi connectivity index (χ3v) is 4.81. The molecule has 0 bridgehead atoms. The van der Waals surface area contributed by atoms with Gasteiger partial charge in [0.05, 0.1) is 20.8 Å². The molecule has 0 aliphatic carbocycles. The van der Waals surface area contributed by atoms with Gasteiger partial charge in [0, 0.05) is 5.56 Å². The van der Waals surface area contributed by atoms with Crippen molar-refractivity contribution in [2.75, 3.05) is 20.8 Å². The summed E-state index contributed by atoms with van der Waals surface area (Å²) in [6.45, 7) is 4.32. The number of ketones is 1. The van der Waals surface area contributed by atoms with Crippen molar-refractivity contribution >= 4 is 23.5 Å². The number of carbonyl (C=O) groups is 4. The largest absolute Gasteiger partial charge is 0.497 e. The van der Waals surface area contributed by atoms with Gasteiger partial charge in [-0.15, -0.1) is 0 Å². The molecule has 0 spiro atoms. The highest BCUT2D eigenvalue weighted by Gasteiger charge is 2.38. The maximum Gasteiger partial charge on any atom is 0.451 e. The van der Waals surface area contributed by atoms with Crippen LogP contribution >= 0.6 is 0 Å². The molecule has 2 aromatic carbocycles. The Balaban J connectivity index is 0.00000229. The molecule has 3 N–H and O–H groups in total. The zero-order valence-corrected chi connectivity index (χ0v) is 21.8. The Labute approximate surface area is 219 Å². The van der Waals surface area contributed by atoms with Crippen LogP contribution in [-0.4, -0.2) is 56.5 Å².